The van der Waals surface area contributed by atoms with Crippen LogP contribution in [0.2, 0.25) is 0 Å². The average Bonchev–Trinajstić information content (AvgIpc) is 3.31. The Hall–Kier alpha value is -2.73. The van der Waals surface area contributed by atoms with Crippen molar-refractivity contribution in [1.82, 2.24) is 0 Å². The molecule has 4 fully saturated rings. The van der Waals surface area contributed by atoms with Crippen LogP contribution in [0, 0.1) is 45.8 Å². The number of carbonyl (C=O) groups excluding carboxylic acids is 1. The molecule has 0 aromatic heterocycles. The summed E-state index contributed by atoms with van der Waals surface area (Å²) in [5, 5.41) is 0. The van der Waals surface area contributed by atoms with E-state index in [0.29, 0.717) is 34.2 Å². The van der Waals surface area contributed by atoms with E-state index in [1.165, 1.54) is 32.1 Å². The Labute approximate surface area is 258 Å². The molecular weight excluding hydrogens is 536 g/mol. The molecule has 4 aliphatic rings. The Bertz CT molecular complexity index is 1330. The Morgan fingerprint density at radius 3 is 2.30 bits per heavy atom. The number of fused-ring (bicyclic) bond motifs is 5. The number of carbonyl (C=O) groups is 1. The number of anilines is 2. The highest BCUT2D eigenvalue weighted by Gasteiger charge is 2.66. The van der Waals surface area contributed by atoms with E-state index >= 15 is 0 Å². The lowest BCUT2D eigenvalue weighted by Gasteiger charge is -2.66. The molecule has 0 bridgehead atoms. The second-order valence-electron chi connectivity index (χ2n) is 15.2. The summed E-state index contributed by atoms with van der Waals surface area (Å²) in [5.41, 5.74) is 14.0. The van der Waals surface area contributed by atoms with Gasteiger partial charge >= 0.3 is 5.97 Å². The minimum absolute atomic E-state index is 0.0132. The Morgan fingerprint density at radius 2 is 1.58 bits per heavy atom. The maximum atomic E-state index is 13.3. The summed E-state index contributed by atoms with van der Waals surface area (Å²) in [6, 6.07) is 14.6. The first-order valence-electron chi connectivity index (χ1n) is 16.6. The molecule has 234 valence electrons. The van der Waals surface area contributed by atoms with Gasteiger partial charge in [0, 0.05) is 22.9 Å². The van der Waals surface area contributed by atoms with Gasteiger partial charge < -0.3 is 25.7 Å². The highest BCUT2D eigenvalue weighted by molar-refractivity contribution is 5.90. The molecule has 6 rings (SSSR count). The van der Waals surface area contributed by atoms with Gasteiger partial charge in [0.15, 0.2) is 6.79 Å². The summed E-state index contributed by atoms with van der Waals surface area (Å²) in [7, 11) is 0. The van der Waals surface area contributed by atoms with Crippen LogP contribution in [0.4, 0.5) is 11.4 Å². The van der Waals surface area contributed by atoms with Crippen LogP contribution in [-0.2, 0) is 9.47 Å². The summed E-state index contributed by atoms with van der Waals surface area (Å²) < 4.78 is 19.3. The number of benzene rings is 2. The highest BCUT2D eigenvalue weighted by atomic mass is 16.7. The highest BCUT2D eigenvalue weighted by Crippen LogP contribution is 2.70. The minimum Gasteiger partial charge on any atom is -0.467 e. The number of nitrogens with two attached hydrogens (primary N) is 2. The average molecular weight is 589 g/mol. The standard InChI is InChI=1S/C37H52N2O4/c1-6-24-13-14-29-28-21-31(42-22-41-27-12-8-11-26(39)20-27)33-35(2,3)32(43-34(40)23-9-7-10-25(38)19-23)16-18-37(33,5)30(28)15-17-36(24,29)4/h7-12,19-20,24,28-33H,6,13-18,21-22,38-39H2,1-5H3. The number of hydrogen-bond acceptors (Lipinski definition) is 6. The van der Waals surface area contributed by atoms with Crippen LogP contribution >= 0.6 is 0 Å². The molecule has 4 saturated carbocycles. The van der Waals surface area contributed by atoms with E-state index < -0.39 is 0 Å². The predicted octanol–water partition coefficient (Wildman–Crippen LogP) is 8.11. The molecule has 0 heterocycles. The van der Waals surface area contributed by atoms with Gasteiger partial charge in [-0.05, 0) is 116 Å². The van der Waals surface area contributed by atoms with Gasteiger partial charge in [-0.15, -0.1) is 0 Å². The maximum absolute atomic E-state index is 13.3. The molecule has 0 aliphatic heterocycles. The first kappa shape index (κ1) is 30.3. The van der Waals surface area contributed by atoms with Gasteiger partial charge in [0.05, 0.1) is 11.7 Å². The molecule has 0 spiro atoms. The van der Waals surface area contributed by atoms with Crippen molar-refractivity contribution in [1.29, 1.82) is 0 Å². The number of hydrogen-bond donors (Lipinski definition) is 2. The quantitative estimate of drug-likeness (QED) is 0.193. The first-order chi connectivity index (χ1) is 20.5. The van der Waals surface area contributed by atoms with Crippen LogP contribution in [0.25, 0.3) is 0 Å². The molecule has 4 aliphatic carbocycles. The molecule has 9 unspecified atom stereocenters. The van der Waals surface area contributed by atoms with Gasteiger partial charge in [-0.1, -0.05) is 53.2 Å². The van der Waals surface area contributed by atoms with Gasteiger partial charge in [-0.3, -0.25) is 0 Å². The third-order valence-electron chi connectivity index (χ3n) is 12.9. The molecule has 0 amide bonds. The van der Waals surface area contributed by atoms with Crippen LogP contribution in [-0.4, -0.2) is 25.0 Å². The molecule has 6 nitrogen and oxygen atoms in total. The van der Waals surface area contributed by atoms with Crippen LogP contribution in [0.1, 0.15) is 96.3 Å². The van der Waals surface area contributed by atoms with E-state index in [1.807, 2.05) is 30.3 Å². The normalized spacial score (nSPS) is 37.9. The van der Waals surface area contributed by atoms with Crippen LogP contribution in [0.15, 0.2) is 48.5 Å². The summed E-state index contributed by atoms with van der Waals surface area (Å²) in [6.45, 7) is 12.3. The van der Waals surface area contributed by atoms with E-state index in [4.69, 9.17) is 25.7 Å². The minimum atomic E-state index is -0.296. The topological polar surface area (TPSA) is 96.8 Å². The summed E-state index contributed by atoms with van der Waals surface area (Å²) in [4.78, 5) is 13.3. The fourth-order valence-electron chi connectivity index (χ4n) is 11.0. The zero-order valence-corrected chi connectivity index (χ0v) is 26.8. The number of rotatable bonds is 7. The third-order valence-corrected chi connectivity index (χ3v) is 12.9. The van der Waals surface area contributed by atoms with Crippen molar-refractivity contribution in [2.24, 2.45) is 45.8 Å². The molecule has 4 N–H and O–H groups in total. The van der Waals surface area contributed by atoms with Gasteiger partial charge in [-0.2, -0.15) is 0 Å². The van der Waals surface area contributed by atoms with E-state index in [-0.39, 0.29) is 41.7 Å². The van der Waals surface area contributed by atoms with Crippen molar-refractivity contribution in [3.63, 3.8) is 0 Å². The van der Waals surface area contributed by atoms with Crippen molar-refractivity contribution < 1.29 is 19.0 Å². The van der Waals surface area contributed by atoms with Crippen molar-refractivity contribution in [2.45, 2.75) is 98.2 Å². The predicted molar refractivity (Wildman–Crippen MR) is 171 cm³/mol. The smallest absolute Gasteiger partial charge is 0.338 e. The Morgan fingerprint density at radius 1 is 0.884 bits per heavy atom. The van der Waals surface area contributed by atoms with Crippen LogP contribution in [0.3, 0.4) is 0 Å². The fraction of sp³-hybridized carbons (Fsp3) is 0.649. The van der Waals surface area contributed by atoms with Crippen LogP contribution in [0.5, 0.6) is 5.75 Å². The molecule has 9 atom stereocenters. The second-order valence-corrected chi connectivity index (χ2v) is 15.2. The number of ether oxygens (including phenoxy) is 3. The lowest BCUT2D eigenvalue weighted by Crippen LogP contribution is -2.64. The van der Waals surface area contributed by atoms with Gasteiger partial charge in [0.25, 0.3) is 0 Å². The fourth-order valence-corrected chi connectivity index (χ4v) is 11.0. The van der Waals surface area contributed by atoms with E-state index in [2.05, 4.69) is 34.6 Å². The lowest BCUT2D eigenvalue weighted by atomic mass is 9.40. The van der Waals surface area contributed by atoms with E-state index in [1.54, 1.807) is 18.2 Å². The maximum Gasteiger partial charge on any atom is 0.338 e. The summed E-state index contributed by atoms with van der Waals surface area (Å²) in [6.07, 6.45) is 9.35. The van der Waals surface area contributed by atoms with E-state index in [0.717, 1.165) is 36.8 Å². The lowest BCUT2D eigenvalue weighted by molar-refractivity contribution is -0.238. The zero-order chi connectivity index (χ0) is 30.6. The molecule has 43 heavy (non-hydrogen) atoms. The summed E-state index contributed by atoms with van der Waals surface area (Å²) in [5.74, 6) is 3.54. The van der Waals surface area contributed by atoms with E-state index in [9.17, 15) is 4.79 Å². The molecule has 0 saturated heterocycles. The molecule has 2 aromatic rings. The molecule has 0 radical (unpaired) electrons. The zero-order valence-electron chi connectivity index (χ0n) is 26.8. The Balaban J connectivity index is 1.29. The van der Waals surface area contributed by atoms with Crippen molar-refractivity contribution in [2.75, 3.05) is 18.3 Å². The summed E-state index contributed by atoms with van der Waals surface area (Å²) >= 11 is 0. The Kier molecular flexibility index (Phi) is 7.98. The number of esters is 1. The van der Waals surface area contributed by atoms with Crippen molar-refractivity contribution in [3.05, 3.63) is 54.1 Å². The molecule has 6 heteroatoms. The second kappa shape index (κ2) is 11.3. The third kappa shape index (κ3) is 5.22. The monoisotopic (exact) mass is 588 g/mol. The number of nitrogen functional groups attached to an aromatic ring is 2. The first-order valence-corrected chi connectivity index (χ1v) is 16.6. The van der Waals surface area contributed by atoms with Gasteiger partial charge in [0.2, 0.25) is 0 Å². The largest absolute Gasteiger partial charge is 0.467 e. The van der Waals surface area contributed by atoms with Crippen molar-refractivity contribution in [3.8, 4) is 5.75 Å². The molecule has 2 aromatic carbocycles. The van der Waals surface area contributed by atoms with Gasteiger partial charge in [-0.25, -0.2) is 4.79 Å². The molecular formula is C37H52N2O4. The van der Waals surface area contributed by atoms with Crippen LogP contribution < -0.4 is 16.2 Å². The van der Waals surface area contributed by atoms with Crippen molar-refractivity contribution >= 4 is 17.3 Å². The SMILES string of the molecule is CCC1CCC2C3CC(OCOc4cccc(N)c4)C4C(C)(C)C(OC(=O)c5cccc(N)c5)CCC4(C)C3CCC12C. The van der Waals surface area contributed by atoms with Gasteiger partial charge in [0.1, 0.15) is 11.9 Å².